The number of aromatic nitrogens is 1. The van der Waals surface area contributed by atoms with E-state index in [1.165, 1.54) is 10.1 Å². The van der Waals surface area contributed by atoms with Crippen molar-refractivity contribution in [1.29, 1.82) is 0 Å². The molecule has 0 spiro atoms. The zero-order valence-electron chi connectivity index (χ0n) is 9.36. The number of oxazole rings is 1. The first-order valence-electron chi connectivity index (χ1n) is 5.50. The number of nitrogens with zero attached hydrogens (tertiary/aromatic N) is 1. The Bertz CT molecular complexity index is 591. The molecule has 1 N–H and O–H groups in total. The van der Waals surface area contributed by atoms with Crippen LogP contribution in [0.25, 0.3) is 11.1 Å². The van der Waals surface area contributed by atoms with Gasteiger partial charge in [0.15, 0.2) is 5.58 Å². The molecule has 1 saturated heterocycles. The van der Waals surface area contributed by atoms with E-state index in [1.54, 1.807) is 7.05 Å². The number of aryl methyl sites for hydroxylation is 1. The van der Waals surface area contributed by atoms with Gasteiger partial charge in [0, 0.05) is 19.1 Å². The van der Waals surface area contributed by atoms with Crippen molar-refractivity contribution < 1.29 is 4.42 Å². The molecule has 3 rings (SSSR count). The number of fused-ring (bicyclic) bond motifs is 1. The van der Waals surface area contributed by atoms with Gasteiger partial charge in [0.2, 0.25) is 0 Å². The van der Waals surface area contributed by atoms with E-state index in [0.29, 0.717) is 17.7 Å². The Hall–Kier alpha value is -1.55. The smallest absolute Gasteiger partial charge is 0.408 e. The number of hydrogen-bond acceptors (Lipinski definition) is 3. The Morgan fingerprint density at radius 3 is 2.94 bits per heavy atom. The lowest BCUT2D eigenvalue weighted by molar-refractivity contribution is 0.288. The van der Waals surface area contributed by atoms with E-state index in [1.807, 2.05) is 12.1 Å². The lowest BCUT2D eigenvalue weighted by Crippen LogP contribution is -2.43. The van der Waals surface area contributed by atoms with Crippen molar-refractivity contribution in [2.45, 2.75) is 25.4 Å². The highest BCUT2D eigenvalue weighted by atomic mass is 16.4. The van der Waals surface area contributed by atoms with Crippen LogP contribution in [0, 0.1) is 0 Å². The number of nitrogens with one attached hydrogen (secondary N) is 1. The molecule has 4 heteroatoms. The van der Waals surface area contributed by atoms with E-state index in [-0.39, 0.29) is 5.76 Å². The van der Waals surface area contributed by atoms with Crippen molar-refractivity contribution in [3.05, 3.63) is 34.3 Å². The minimum atomic E-state index is -0.304. The molecule has 16 heavy (non-hydrogen) atoms. The molecule has 0 aliphatic carbocycles. The zero-order chi connectivity index (χ0) is 11.3. The second-order valence-corrected chi connectivity index (χ2v) is 4.51. The Morgan fingerprint density at radius 2 is 2.25 bits per heavy atom. The minimum absolute atomic E-state index is 0.304. The van der Waals surface area contributed by atoms with Crippen LogP contribution in [-0.2, 0) is 7.05 Å². The maximum absolute atomic E-state index is 11.3. The third kappa shape index (κ3) is 1.30. The number of hydrogen-bond donors (Lipinski definition) is 1. The molecule has 4 nitrogen and oxygen atoms in total. The standard InChI is InChI=1S/C12H14N2O2/c1-7-5-9(13-7)8-3-4-10-11(6-8)16-12(15)14(10)2/h3-4,6-7,9,13H,5H2,1-2H3. The van der Waals surface area contributed by atoms with Crippen LogP contribution in [0.3, 0.4) is 0 Å². The quantitative estimate of drug-likeness (QED) is 0.790. The van der Waals surface area contributed by atoms with Gasteiger partial charge in [0.05, 0.1) is 5.52 Å². The van der Waals surface area contributed by atoms with E-state index >= 15 is 0 Å². The van der Waals surface area contributed by atoms with Crippen molar-refractivity contribution in [3.8, 4) is 0 Å². The molecular weight excluding hydrogens is 204 g/mol. The third-order valence-electron chi connectivity index (χ3n) is 3.29. The lowest BCUT2D eigenvalue weighted by atomic mass is 9.92. The minimum Gasteiger partial charge on any atom is -0.408 e. The van der Waals surface area contributed by atoms with Gasteiger partial charge in [-0.1, -0.05) is 6.07 Å². The second kappa shape index (κ2) is 3.22. The molecule has 1 aliphatic heterocycles. The molecule has 2 unspecified atom stereocenters. The summed E-state index contributed by atoms with van der Waals surface area (Å²) < 4.78 is 6.69. The first-order valence-corrected chi connectivity index (χ1v) is 5.50. The molecule has 2 atom stereocenters. The van der Waals surface area contributed by atoms with Crippen LogP contribution in [0.1, 0.15) is 24.9 Å². The summed E-state index contributed by atoms with van der Waals surface area (Å²) in [6, 6.07) is 6.95. The van der Waals surface area contributed by atoms with Crippen LogP contribution in [0.15, 0.2) is 27.4 Å². The predicted octanol–water partition coefficient (Wildman–Crippen LogP) is 1.55. The molecule has 84 valence electrons. The van der Waals surface area contributed by atoms with Crippen LogP contribution < -0.4 is 11.1 Å². The Kier molecular flexibility index (Phi) is 1.94. The summed E-state index contributed by atoms with van der Waals surface area (Å²) in [5, 5.41) is 3.42. The number of rotatable bonds is 1. The molecule has 1 aromatic heterocycles. The van der Waals surface area contributed by atoms with E-state index in [2.05, 4.69) is 18.3 Å². The highest BCUT2D eigenvalue weighted by Gasteiger charge is 2.26. The van der Waals surface area contributed by atoms with Gasteiger partial charge in [0.25, 0.3) is 0 Å². The Labute approximate surface area is 92.9 Å². The largest absolute Gasteiger partial charge is 0.419 e. The van der Waals surface area contributed by atoms with Crippen molar-refractivity contribution >= 4 is 11.1 Å². The van der Waals surface area contributed by atoms with Crippen molar-refractivity contribution in [1.82, 2.24) is 9.88 Å². The first kappa shape index (κ1) is 9.66. The first-order chi connectivity index (χ1) is 7.65. The van der Waals surface area contributed by atoms with Gasteiger partial charge in [-0.3, -0.25) is 4.57 Å². The fourth-order valence-corrected chi connectivity index (χ4v) is 2.27. The molecule has 1 fully saturated rings. The molecular formula is C12H14N2O2. The van der Waals surface area contributed by atoms with E-state index < -0.39 is 0 Å². The lowest BCUT2D eigenvalue weighted by Gasteiger charge is -2.35. The van der Waals surface area contributed by atoms with Gasteiger partial charge < -0.3 is 9.73 Å². The van der Waals surface area contributed by atoms with Crippen LogP contribution in [0.2, 0.25) is 0 Å². The van der Waals surface area contributed by atoms with E-state index in [4.69, 9.17) is 4.42 Å². The monoisotopic (exact) mass is 218 g/mol. The zero-order valence-corrected chi connectivity index (χ0v) is 9.36. The average Bonchev–Trinajstić information content (AvgIpc) is 2.50. The van der Waals surface area contributed by atoms with E-state index in [9.17, 15) is 4.79 Å². The molecule has 0 amide bonds. The van der Waals surface area contributed by atoms with Crippen molar-refractivity contribution in [2.75, 3.05) is 0 Å². The predicted molar refractivity (Wildman–Crippen MR) is 61.4 cm³/mol. The molecule has 1 aliphatic rings. The summed E-state index contributed by atoms with van der Waals surface area (Å²) in [5.41, 5.74) is 2.72. The van der Waals surface area contributed by atoms with Crippen LogP contribution in [0.5, 0.6) is 0 Å². The van der Waals surface area contributed by atoms with Gasteiger partial charge in [0.1, 0.15) is 0 Å². The van der Waals surface area contributed by atoms with Crippen molar-refractivity contribution in [3.63, 3.8) is 0 Å². The Balaban J connectivity index is 2.06. The highest BCUT2D eigenvalue weighted by molar-refractivity contribution is 5.73. The molecule has 2 aromatic rings. The third-order valence-corrected chi connectivity index (χ3v) is 3.29. The van der Waals surface area contributed by atoms with E-state index in [0.717, 1.165) is 11.9 Å². The number of benzene rings is 1. The summed E-state index contributed by atoms with van der Waals surface area (Å²) in [5.74, 6) is -0.304. The Morgan fingerprint density at radius 1 is 1.50 bits per heavy atom. The molecule has 2 heterocycles. The SMILES string of the molecule is CC1CC(c2ccc3c(c2)oc(=O)n3C)N1. The summed E-state index contributed by atoms with van der Waals surface area (Å²) in [6.45, 7) is 2.16. The summed E-state index contributed by atoms with van der Waals surface area (Å²) >= 11 is 0. The summed E-state index contributed by atoms with van der Waals surface area (Å²) in [6.07, 6.45) is 1.14. The maximum atomic E-state index is 11.3. The van der Waals surface area contributed by atoms with Gasteiger partial charge in [-0.05, 0) is 31.0 Å². The van der Waals surface area contributed by atoms with Crippen molar-refractivity contribution in [2.24, 2.45) is 7.05 Å². The van der Waals surface area contributed by atoms with Crippen LogP contribution in [0.4, 0.5) is 0 Å². The molecule has 1 aromatic carbocycles. The van der Waals surface area contributed by atoms with Crippen LogP contribution in [-0.4, -0.2) is 10.6 Å². The fourth-order valence-electron chi connectivity index (χ4n) is 2.27. The molecule has 0 radical (unpaired) electrons. The van der Waals surface area contributed by atoms with Gasteiger partial charge in [-0.25, -0.2) is 4.79 Å². The van der Waals surface area contributed by atoms with Gasteiger partial charge in [-0.15, -0.1) is 0 Å². The summed E-state index contributed by atoms with van der Waals surface area (Å²) in [4.78, 5) is 11.3. The fraction of sp³-hybridized carbons (Fsp3) is 0.417. The topological polar surface area (TPSA) is 47.2 Å². The molecule has 0 bridgehead atoms. The van der Waals surface area contributed by atoms with Gasteiger partial charge >= 0.3 is 5.76 Å². The van der Waals surface area contributed by atoms with Crippen LogP contribution >= 0.6 is 0 Å². The highest BCUT2D eigenvalue weighted by Crippen LogP contribution is 2.29. The summed E-state index contributed by atoms with van der Waals surface area (Å²) in [7, 11) is 1.72. The molecule has 0 saturated carbocycles. The average molecular weight is 218 g/mol. The second-order valence-electron chi connectivity index (χ2n) is 4.51. The van der Waals surface area contributed by atoms with Gasteiger partial charge in [-0.2, -0.15) is 0 Å². The maximum Gasteiger partial charge on any atom is 0.419 e. The normalized spacial score (nSPS) is 24.6.